The van der Waals surface area contributed by atoms with Gasteiger partial charge in [0.15, 0.2) is 0 Å². The maximum atomic E-state index is 12.2. The standard InChI is InChI=1S/C21H32O3/c1-12(22)16-6-7-17-15-5-4-13-10-14(23)8-9-20(13,2)19(15)18(24)11-21(16,17)3/h4,14-19,23-24H,5-11H2,1-3H3/t14-,15?,16+,17?,18?,19?,20-,21+/m0/s1/i14D,18D. The molecule has 3 saturated carbocycles. The highest BCUT2D eigenvalue weighted by Crippen LogP contribution is 2.66. The molecule has 0 aromatic heterocycles. The first-order valence-electron chi connectivity index (χ1n) is 10.6. The molecule has 24 heavy (non-hydrogen) atoms. The topological polar surface area (TPSA) is 57.5 Å². The number of carbonyl (C=O) groups excluding carboxylic acids is 1. The van der Waals surface area contributed by atoms with Crippen LogP contribution in [-0.2, 0) is 4.79 Å². The lowest BCUT2D eigenvalue weighted by Crippen LogP contribution is -2.56. The number of rotatable bonds is 1. The summed E-state index contributed by atoms with van der Waals surface area (Å²) >= 11 is 0. The van der Waals surface area contributed by atoms with E-state index in [4.69, 9.17) is 2.74 Å². The molecule has 4 aliphatic carbocycles. The second-order valence-corrected chi connectivity index (χ2v) is 9.29. The molecule has 4 rings (SSSR count). The maximum Gasteiger partial charge on any atom is 0.133 e. The zero-order valence-electron chi connectivity index (χ0n) is 17.1. The van der Waals surface area contributed by atoms with Crippen molar-refractivity contribution in [3.63, 3.8) is 0 Å². The molecule has 0 aromatic rings. The molecule has 4 unspecified atom stereocenters. The summed E-state index contributed by atoms with van der Waals surface area (Å²) < 4.78 is 17.0. The van der Waals surface area contributed by atoms with Crippen LogP contribution in [0, 0.1) is 34.5 Å². The number of aliphatic hydroxyl groups is 2. The van der Waals surface area contributed by atoms with Crippen molar-refractivity contribution >= 4 is 5.78 Å². The minimum atomic E-state index is -1.57. The van der Waals surface area contributed by atoms with Crippen LogP contribution in [0.15, 0.2) is 11.6 Å². The Morgan fingerprint density at radius 3 is 2.75 bits per heavy atom. The zero-order chi connectivity index (χ0) is 19.1. The molecule has 0 saturated heterocycles. The highest BCUT2D eigenvalue weighted by molar-refractivity contribution is 5.79. The van der Waals surface area contributed by atoms with Crippen LogP contribution >= 0.6 is 0 Å². The lowest BCUT2D eigenvalue weighted by atomic mass is 9.46. The molecule has 3 nitrogen and oxygen atoms in total. The van der Waals surface area contributed by atoms with Crippen LogP contribution in [0.4, 0.5) is 0 Å². The van der Waals surface area contributed by atoms with Crippen LogP contribution in [0.1, 0.15) is 68.5 Å². The summed E-state index contributed by atoms with van der Waals surface area (Å²) in [5.74, 6) is 0.521. The fourth-order valence-corrected chi connectivity index (χ4v) is 7.02. The Bertz CT molecular complexity index is 670. The van der Waals surface area contributed by atoms with E-state index < -0.39 is 12.2 Å². The summed E-state index contributed by atoms with van der Waals surface area (Å²) in [6.45, 7) is 5.91. The molecule has 0 bridgehead atoms. The molecule has 0 amide bonds. The largest absolute Gasteiger partial charge is 0.393 e. The number of carbonyl (C=O) groups is 1. The molecule has 4 aliphatic rings. The van der Waals surface area contributed by atoms with Crippen molar-refractivity contribution in [1.82, 2.24) is 0 Å². The SMILES string of the molecule is [2H]C1(O)C[C@@]2(C)C(CC[C@@H]2C(C)=O)C2CC=C3C[C@@]([2H])(O)CC[C@]3(C)C21. The van der Waals surface area contributed by atoms with E-state index in [1.54, 1.807) is 6.92 Å². The highest BCUT2D eigenvalue weighted by Gasteiger charge is 2.62. The average Bonchev–Trinajstić information content (AvgIpc) is 2.83. The molecular weight excluding hydrogens is 300 g/mol. The Balaban J connectivity index is 1.77. The van der Waals surface area contributed by atoms with Crippen molar-refractivity contribution in [3.8, 4) is 0 Å². The fraction of sp³-hybridized carbons (Fsp3) is 0.857. The van der Waals surface area contributed by atoms with Gasteiger partial charge in [0.25, 0.3) is 0 Å². The molecular formula is C21H32O3. The third-order valence-corrected chi connectivity index (χ3v) is 8.15. The summed E-state index contributed by atoms with van der Waals surface area (Å²) in [5, 5.41) is 21.6. The Morgan fingerprint density at radius 1 is 1.29 bits per heavy atom. The van der Waals surface area contributed by atoms with Gasteiger partial charge >= 0.3 is 0 Å². The van der Waals surface area contributed by atoms with Gasteiger partial charge in [-0.1, -0.05) is 25.5 Å². The molecule has 0 aliphatic heterocycles. The average molecular weight is 334 g/mol. The Kier molecular flexibility index (Phi) is 3.27. The summed E-state index contributed by atoms with van der Waals surface area (Å²) in [5.41, 5.74) is 0.427. The van der Waals surface area contributed by atoms with Crippen LogP contribution < -0.4 is 0 Å². The molecule has 0 aromatic carbocycles. The first kappa shape index (κ1) is 14.5. The van der Waals surface area contributed by atoms with Crippen molar-refractivity contribution in [2.24, 2.45) is 34.5 Å². The monoisotopic (exact) mass is 334 g/mol. The molecule has 0 radical (unpaired) electrons. The van der Waals surface area contributed by atoms with E-state index in [2.05, 4.69) is 19.9 Å². The van der Waals surface area contributed by atoms with Gasteiger partial charge in [-0.05, 0) is 80.5 Å². The van der Waals surface area contributed by atoms with E-state index in [-0.39, 0.29) is 34.4 Å². The first-order chi connectivity index (χ1) is 11.9. The Hall–Kier alpha value is -0.670. The smallest absolute Gasteiger partial charge is 0.133 e. The third-order valence-electron chi connectivity index (χ3n) is 8.15. The minimum absolute atomic E-state index is 0.0480. The molecule has 3 fully saturated rings. The normalized spacial score (nSPS) is 61.0. The first-order valence-corrected chi connectivity index (χ1v) is 9.55. The summed E-state index contributed by atoms with van der Waals surface area (Å²) in [4.78, 5) is 12.2. The van der Waals surface area contributed by atoms with E-state index in [0.717, 1.165) is 24.8 Å². The minimum Gasteiger partial charge on any atom is -0.393 e. The van der Waals surface area contributed by atoms with Gasteiger partial charge in [-0.2, -0.15) is 0 Å². The van der Waals surface area contributed by atoms with Gasteiger partial charge in [-0.25, -0.2) is 0 Å². The Morgan fingerprint density at radius 2 is 2.04 bits per heavy atom. The number of fused-ring (bicyclic) bond motifs is 5. The van der Waals surface area contributed by atoms with Gasteiger partial charge in [0, 0.05) is 5.92 Å². The second kappa shape index (κ2) is 5.41. The molecule has 134 valence electrons. The predicted molar refractivity (Wildman–Crippen MR) is 93.3 cm³/mol. The quantitative estimate of drug-likeness (QED) is 0.722. The van der Waals surface area contributed by atoms with Crippen molar-refractivity contribution in [2.75, 3.05) is 0 Å². The molecule has 3 heteroatoms. The van der Waals surface area contributed by atoms with Crippen LogP contribution in [0.25, 0.3) is 0 Å². The van der Waals surface area contributed by atoms with Crippen molar-refractivity contribution in [2.45, 2.75) is 77.9 Å². The van der Waals surface area contributed by atoms with Gasteiger partial charge in [0.2, 0.25) is 0 Å². The maximum absolute atomic E-state index is 12.2. The van der Waals surface area contributed by atoms with Gasteiger partial charge in [-0.15, -0.1) is 0 Å². The summed E-state index contributed by atoms with van der Waals surface area (Å²) in [7, 11) is 0. The predicted octanol–water partition coefficient (Wildman–Crippen LogP) is 3.49. The van der Waals surface area contributed by atoms with Crippen LogP contribution in [0.2, 0.25) is 0 Å². The summed E-state index contributed by atoms with van der Waals surface area (Å²) in [6.07, 6.45) is 3.55. The van der Waals surface area contributed by atoms with Gasteiger partial charge < -0.3 is 10.2 Å². The number of Topliss-reactive ketones (excluding diaryl/α,β-unsaturated/α-hetero) is 1. The van der Waals surface area contributed by atoms with E-state index in [9.17, 15) is 15.0 Å². The second-order valence-electron chi connectivity index (χ2n) is 9.29. The van der Waals surface area contributed by atoms with Crippen molar-refractivity contribution in [3.05, 3.63) is 11.6 Å². The molecule has 8 atom stereocenters. The number of hydrogen-bond acceptors (Lipinski definition) is 3. The van der Waals surface area contributed by atoms with Crippen molar-refractivity contribution < 1.29 is 17.7 Å². The fourth-order valence-electron chi connectivity index (χ4n) is 7.02. The number of allylic oxidation sites excluding steroid dienone is 1. The lowest BCUT2D eigenvalue weighted by molar-refractivity contribution is -0.140. The van der Waals surface area contributed by atoms with Crippen LogP contribution in [0.5, 0.6) is 0 Å². The van der Waals surface area contributed by atoms with Gasteiger partial charge in [0.05, 0.1) is 14.9 Å². The summed E-state index contributed by atoms with van der Waals surface area (Å²) in [6, 6.07) is 0. The molecule has 0 heterocycles. The van der Waals surface area contributed by atoms with E-state index in [1.165, 1.54) is 0 Å². The lowest BCUT2D eigenvalue weighted by Gasteiger charge is -2.59. The Labute approximate surface area is 148 Å². The number of ketones is 1. The van der Waals surface area contributed by atoms with Crippen molar-refractivity contribution in [1.29, 1.82) is 0 Å². The highest BCUT2D eigenvalue weighted by atomic mass is 16.3. The third kappa shape index (κ3) is 2.13. The van der Waals surface area contributed by atoms with E-state index in [0.29, 0.717) is 31.6 Å². The van der Waals surface area contributed by atoms with Crippen LogP contribution in [0.3, 0.4) is 0 Å². The van der Waals surface area contributed by atoms with Gasteiger partial charge in [-0.3, -0.25) is 4.79 Å². The van der Waals surface area contributed by atoms with Crippen LogP contribution in [-0.4, -0.2) is 28.2 Å². The molecule has 2 N–H and O–H groups in total. The number of hydrogen-bond donors (Lipinski definition) is 2. The van der Waals surface area contributed by atoms with E-state index in [1.807, 2.05) is 0 Å². The van der Waals surface area contributed by atoms with E-state index >= 15 is 0 Å². The van der Waals surface area contributed by atoms with Gasteiger partial charge in [0.1, 0.15) is 5.78 Å². The zero-order valence-corrected chi connectivity index (χ0v) is 15.1. The molecule has 0 spiro atoms.